The molecule has 4 aliphatic rings. The first-order valence-electron chi connectivity index (χ1n) is 14.9. The number of sulfonamides is 2. The summed E-state index contributed by atoms with van der Waals surface area (Å²) >= 11 is 0. The van der Waals surface area contributed by atoms with E-state index in [1.165, 1.54) is 36.4 Å². The van der Waals surface area contributed by atoms with Gasteiger partial charge in [-0.3, -0.25) is 28.8 Å². The number of fused-ring (bicyclic) bond motifs is 7. The summed E-state index contributed by atoms with van der Waals surface area (Å²) in [6.07, 6.45) is 0.296. The van der Waals surface area contributed by atoms with Gasteiger partial charge in [0.1, 0.15) is 11.7 Å². The highest BCUT2D eigenvalue weighted by atomic mass is 32.2. The number of hydrogen-bond donors (Lipinski definition) is 0. The minimum Gasteiger partial charge on any atom is -0.258 e. The van der Waals surface area contributed by atoms with Crippen molar-refractivity contribution >= 4 is 54.5 Å². The summed E-state index contributed by atoms with van der Waals surface area (Å²) in [5.41, 5.74) is -1.44. The van der Waals surface area contributed by atoms with Gasteiger partial charge in [0.2, 0.25) is 0 Å². The number of hydrogen-bond acceptors (Lipinski definition) is 10. The maximum atomic E-state index is 14.4. The van der Waals surface area contributed by atoms with Gasteiger partial charge in [0.25, 0.3) is 31.4 Å². The third kappa shape index (κ3) is 3.66. The third-order valence-electron chi connectivity index (χ3n) is 9.78. The van der Waals surface area contributed by atoms with E-state index in [1.807, 2.05) is 12.1 Å². The van der Waals surface area contributed by atoms with Gasteiger partial charge in [-0.05, 0) is 48.2 Å². The van der Waals surface area contributed by atoms with Crippen molar-refractivity contribution in [1.29, 1.82) is 0 Å². The minimum atomic E-state index is -4.55. The van der Waals surface area contributed by atoms with Crippen LogP contribution in [0.2, 0.25) is 0 Å². The smallest absolute Gasteiger partial charge is 0.258 e. The fourth-order valence-corrected chi connectivity index (χ4v) is 11.2. The van der Waals surface area contributed by atoms with E-state index < -0.39 is 61.9 Å². The molecule has 14 nitrogen and oxygen atoms in total. The fourth-order valence-electron chi connectivity index (χ4n) is 7.93. The van der Waals surface area contributed by atoms with E-state index >= 15 is 0 Å². The quantitative estimate of drug-likeness (QED) is 0.193. The molecule has 2 fully saturated rings. The second-order valence-electron chi connectivity index (χ2n) is 11.8. The molecule has 0 radical (unpaired) electrons. The highest BCUT2D eigenvalue weighted by Crippen LogP contribution is 2.65. The second kappa shape index (κ2) is 10.0. The zero-order valence-corrected chi connectivity index (χ0v) is 26.5. The van der Waals surface area contributed by atoms with Crippen LogP contribution in [-0.2, 0) is 30.9 Å². The van der Waals surface area contributed by atoms with E-state index in [2.05, 4.69) is 0 Å². The van der Waals surface area contributed by atoms with Crippen LogP contribution in [0.25, 0.3) is 0 Å². The minimum absolute atomic E-state index is 0.102. The van der Waals surface area contributed by atoms with Gasteiger partial charge in [-0.1, -0.05) is 60.7 Å². The molecule has 2 saturated heterocycles. The largest absolute Gasteiger partial charge is 0.289 e. The predicted molar refractivity (Wildman–Crippen MR) is 174 cm³/mol. The van der Waals surface area contributed by atoms with Crippen LogP contribution in [0.15, 0.2) is 117 Å². The average Bonchev–Trinajstić information content (AvgIpc) is 3.81. The van der Waals surface area contributed by atoms with Crippen molar-refractivity contribution in [2.75, 3.05) is 13.1 Å². The molecular weight excluding hydrogens is 661 g/mol. The maximum absolute atomic E-state index is 14.4. The zero-order chi connectivity index (χ0) is 33.6. The summed E-state index contributed by atoms with van der Waals surface area (Å²) in [6.45, 7) is -0.203. The summed E-state index contributed by atoms with van der Waals surface area (Å²) in [6, 6.07) is 24.5. The lowest BCUT2D eigenvalue weighted by molar-refractivity contribution is -0.388. The van der Waals surface area contributed by atoms with E-state index in [9.17, 15) is 37.1 Å². The van der Waals surface area contributed by atoms with Gasteiger partial charge in [0.15, 0.2) is 9.79 Å². The highest BCUT2D eigenvalue weighted by molar-refractivity contribution is 7.90. The van der Waals surface area contributed by atoms with Crippen LogP contribution in [0.3, 0.4) is 0 Å². The Morgan fingerprint density at radius 1 is 0.562 bits per heavy atom. The highest BCUT2D eigenvalue weighted by Gasteiger charge is 2.71. The summed E-state index contributed by atoms with van der Waals surface area (Å²) in [7, 11) is -9.10. The molecule has 4 aromatic carbocycles. The molecule has 4 aromatic rings. The molecular formula is C32H24N6O8S2. The zero-order valence-electron chi connectivity index (χ0n) is 24.8. The summed E-state index contributed by atoms with van der Waals surface area (Å²) in [4.78, 5) is 31.1. The molecule has 0 aliphatic carbocycles. The fraction of sp³-hybridized carbons (Fsp3) is 0.188. The first-order valence-corrected chi connectivity index (χ1v) is 17.7. The predicted octanol–water partition coefficient (Wildman–Crippen LogP) is 4.96. The normalized spacial score (nSPS) is 22.4. The van der Waals surface area contributed by atoms with Crippen molar-refractivity contribution < 1.29 is 26.7 Å². The van der Waals surface area contributed by atoms with Gasteiger partial charge in [-0.25, -0.2) is 26.8 Å². The van der Waals surface area contributed by atoms with Crippen LogP contribution in [-0.4, -0.2) is 60.1 Å². The van der Waals surface area contributed by atoms with E-state index in [4.69, 9.17) is 9.98 Å². The topological polar surface area (TPSA) is 186 Å². The van der Waals surface area contributed by atoms with E-state index in [1.54, 1.807) is 36.4 Å². The summed E-state index contributed by atoms with van der Waals surface area (Å²) in [5.74, 6) is 0.215. The van der Waals surface area contributed by atoms with Crippen molar-refractivity contribution in [3.8, 4) is 0 Å². The number of para-hydroxylation sites is 4. The van der Waals surface area contributed by atoms with Crippen LogP contribution in [0.1, 0.15) is 24.0 Å². The standard InChI is InChI=1S/C32H24N6O8S2/c39-37(40)25-13-5-7-15-27(25)47(43,44)35-19-17-31(21-9-1-3-11-23(21)33-29(31)35)32-18-20-36(30(32)34-24-12-4-2-10-22(24)32)48(45,46)28-16-8-6-14-26(28)38(41)42/h1-16H,17-20H2/t31-,32+. The van der Waals surface area contributed by atoms with Gasteiger partial charge in [-0.2, -0.15) is 0 Å². The Morgan fingerprint density at radius 2 is 0.917 bits per heavy atom. The number of nitrogens with zero attached hydrogens (tertiary/aromatic N) is 6. The Kier molecular flexibility index (Phi) is 6.23. The molecule has 4 heterocycles. The van der Waals surface area contributed by atoms with Crippen LogP contribution in [0, 0.1) is 20.2 Å². The van der Waals surface area contributed by atoms with Gasteiger partial charge in [0.05, 0.1) is 32.1 Å². The lowest BCUT2D eigenvalue weighted by atomic mass is 9.56. The Labute approximate surface area is 274 Å². The molecule has 4 aliphatic heterocycles. The van der Waals surface area contributed by atoms with Gasteiger partial charge in [0, 0.05) is 25.2 Å². The summed E-state index contributed by atoms with van der Waals surface area (Å²) in [5, 5.41) is 23.9. The number of amidine groups is 2. The third-order valence-corrected chi connectivity index (χ3v) is 13.5. The van der Waals surface area contributed by atoms with Crippen molar-refractivity contribution in [3.63, 3.8) is 0 Å². The molecule has 16 heteroatoms. The molecule has 0 N–H and O–H groups in total. The molecule has 242 valence electrons. The summed E-state index contributed by atoms with van der Waals surface area (Å²) < 4.78 is 59.8. The molecule has 0 aromatic heterocycles. The molecule has 0 bridgehead atoms. The maximum Gasteiger partial charge on any atom is 0.289 e. The number of nitro benzene ring substituents is 2. The van der Waals surface area contributed by atoms with Gasteiger partial charge in [-0.15, -0.1) is 0 Å². The van der Waals surface area contributed by atoms with Crippen molar-refractivity contribution in [2.24, 2.45) is 9.98 Å². The lowest BCUT2D eigenvalue weighted by Gasteiger charge is -2.43. The number of nitro groups is 2. The first kappa shape index (κ1) is 29.9. The number of benzene rings is 4. The number of aliphatic imine (C=N–C) groups is 2. The molecule has 0 unspecified atom stereocenters. The number of rotatable bonds is 7. The Morgan fingerprint density at radius 3 is 1.31 bits per heavy atom. The van der Waals surface area contributed by atoms with Crippen LogP contribution < -0.4 is 0 Å². The lowest BCUT2D eigenvalue weighted by Crippen LogP contribution is -2.56. The Hall–Kier alpha value is -5.48. The molecule has 0 saturated carbocycles. The van der Waals surface area contributed by atoms with Crippen LogP contribution in [0.4, 0.5) is 22.7 Å². The second-order valence-corrected chi connectivity index (χ2v) is 15.5. The van der Waals surface area contributed by atoms with Gasteiger partial charge >= 0.3 is 0 Å². The van der Waals surface area contributed by atoms with Crippen LogP contribution in [0.5, 0.6) is 0 Å². The SMILES string of the molecule is O=[N+]([O-])c1ccccc1S(=O)(=O)N1CC[C@]2([C@]34CCN(S(=O)(=O)c5ccccc5[N+](=O)[O-])C3=Nc3ccccc34)C1=Nc1ccccc12. The Bertz CT molecular complexity index is 2230. The van der Waals surface area contributed by atoms with E-state index in [0.29, 0.717) is 22.5 Å². The van der Waals surface area contributed by atoms with Gasteiger partial charge < -0.3 is 0 Å². The first-order chi connectivity index (χ1) is 23.0. The average molecular weight is 685 g/mol. The van der Waals surface area contributed by atoms with Crippen molar-refractivity contribution in [1.82, 2.24) is 8.61 Å². The van der Waals surface area contributed by atoms with E-state index in [-0.39, 0.29) is 37.6 Å². The van der Waals surface area contributed by atoms with Crippen molar-refractivity contribution in [2.45, 2.75) is 33.5 Å². The molecule has 0 spiro atoms. The molecule has 48 heavy (non-hydrogen) atoms. The Balaban J connectivity index is 1.36. The van der Waals surface area contributed by atoms with Crippen LogP contribution >= 0.6 is 0 Å². The molecule has 2 atom stereocenters. The molecule has 8 rings (SSSR count). The van der Waals surface area contributed by atoms with E-state index in [0.717, 1.165) is 20.7 Å². The monoisotopic (exact) mass is 684 g/mol. The van der Waals surface area contributed by atoms with Crippen molar-refractivity contribution in [3.05, 3.63) is 128 Å². The molecule has 0 amide bonds.